The van der Waals surface area contributed by atoms with Crippen LogP contribution in [0.25, 0.3) is 0 Å². The highest BCUT2D eigenvalue weighted by Crippen LogP contribution is 1.96. The molecule has 0 fully saturated rings. The summed E-state index contributed by atoms with van der Waals surface area (Å²) < 4.78 is 4.80. The number of aliphatic hydroxyl groups is 1. The number of carbonyl (C=O) groups is 1. The molecule has 0 aliphatic heterocycles. The maximum atomic E-state index is 10.8. The summed E-state index contributed by atoms with van der Waals surface area (Å²) in [6.45, 7) is 8.72. The zero-order chi connectivity index (χ0) is 10.3. The van der Waals surface area contributed by atoms with E-state index in [2.05, 4.69) is 18.5 Å². The zero-order valence-corrected chi connectivity index (χ0v) is 7.69. The van der Waals surface area contributed by atoms with Crippen LogP contribution in [0.15, 0.2) is 25.3 Å². The number of hydrogen-bond acceptors (Lipinski definition) is 4. The quantitative estimate of drug-likeness (QED) is 0.268. The Balaban J connectivity index is 4.00. The van der Waals surface area contributed by atoms with Gasteiger partial charge >= 0.3 is 5.97 Å². The van der Waals surface area contributed by atoms with Crippen LogP contribution in [0.2, 0.25) is 0 Å². The Morgan fingerprint density at radius 2 is 2.31 bits per heavy atom. The van der Waals surface area contributed by atoms with E-state index in [0.717, 1.165) is 6.08 Å². The third kappa shape index (κ3) is 5.16. The van der Waals surface area contributed by atoms with Crippen LogP contribution < -0.4 is 5.32 Å². The second kappa shape index (κ2) is 6.39. The standard InChI is InChI=1S/C9H15NO3/c1-4-6-10-9(7(3)11)13-8(12)5-2/h4-5,7,9-11H,1-2,6H2,3H3. The first kappa shape index (κ1) is 11.9. The van der Waals surface area contributed by atoms with E-state index in [-0.39, 0.29) is 0 Å². The van der Waals surface area contributed by atoms with Crippen molar-refractivity contribution in [3.63, 3.8) is 0 Å². The smallest absolute Gasteiger partial charge is 0.331 e. The monoisotopic (exact) mass is 185 g/mol. The molecule has 0 aromatic heterocycles. The molecule has 74 valence electrons. The maximum Gasteiger partial charge on any atom is 0.331 e. The van der Waals surface area contributed by atoms with E-state index in [1.807, 2.05) is 0 Å². The molecule has 0 saturated heterocycles. The van der Waals surface area contributed by atoms with Crippen LogP contribution in [0.3, 0.4) is 0 Å². The van der Waals surface area contributed by atoms with E-state index in [1.165, 1.54) is 6.92 Å². The number of aliphatic hydroxyl groups excluding tert-OH is 1. The number of nitrogens with one attached hydrogen (secondary N) is 1. The van der Waals surface area contributed by atoms with E-state index < -0.39 is 18.3 Å². The topological polar surface area (TPSA) is 58.6 Å². The average Bonchev–Trinajstić information content (AvgIpc) is 2.11. The van der Waals surface area contributed by atoms with Gasteiger partial charge in [0, 0.05) is 12.6 Å². The van der Waals surface area contributed by atoms with E-state index in [9.17, 15) is 9.90 Å². The van der Waals surface area contributed by atoms with Gasteiger partial charge in [-0.05, 0) is 6.92 Å². The molecule has 0 aliphatic rings. The lowest BCUT2D eigenvalue weighted by atomic mass is 10.3. The highest BCUT2D eigenvalue weighted by Gasteiger charge is 2.16. The zero-order valence-electron chi connectivity index (χ0n) is 7.69. The number of hydrogen-bond donors (Lipinski definition) is 2. The Kier molecular flexibility index (Phi) is 5.84. The molecule has 2 N–H and O–H groups in total. The van der Waals surface area contributed by atoms with Crippen molar-refractivity contribution in [2.45, 2.75) is 19.3 Å². The fourth-order valence-electron chi connectivity index (χ4n) is 0.683. The first-order valence-electron chi connectivity index (χ1n) is 3.97. The van der Waals surface area contributed by atoms with Crippen LogP contribution in [-0.2, 0) is 9.53 Å². The molecule has 2 unspecified atom stereocenters. The van der Waals surface area contributed by atoms with Gasteiger partial charge in [-0.3, -0.25) is 5.32 Å². The molecule has 0 amide bonds. The average molecular weight is 185 g/mol. The Morgan fingerprint density at radius 1 is 1.69 bits per heavy atom. The third-order valence-corrected chi connectivity index (χ3v) is 1.31. The lowest BCUT2D eigenvalue weighted by Gasteiger charge is -2.20. The molecule has 0 aromatic rings. The molecule has 0 aliphatic carbocycles. The normalized spacial score (nSPS) is 14.3. The highest BCUT2D eigenvalue weighted by molar-refractivity contribution is 5.81. The molecular weight excluding hydrogens is 170 g/mol. The summed E-state index contributed by atoms with van der Waals surface area (Å²) in [4.78, 5) is 10.8. The van der Waals surface area contributed by atoms with Gasteiger partial charge in [-0.25, -0.2) is 4.79 Å². The summed E-state index contributed by atoms with van der Waals surface area (Å²) in [6.07, 6.45) is 1.16. The summed E-state index contributed by atoms with van der Waals surface area (Å²) >= 11 is 0. The largest absolute Gasteiger partial charge is 0.441 e. The van der Waals surface area contributed by atoms with Crippen molar-refractivity contribution in [3.8, 4) is 0 Å². The van der Waals surface area contributed by atoms with Crippen molar-refractivity contribution in [3.05, 3.63) is 25.3 Å². The predicted octanol–water partition coefficient (Wildman–Crippen LogP) is 0.198. The van der Waals surface area contributed by atoms with Gasteiger partial charge in [-0.15, -0.1) is 6.58 Å². The first-order chi connectivity index (χ1) is 6.11. The van der Waals surface area contributed by atoms with Crippen LogP contribution in [0.4, 0.5) is 0 Å². The van der Waals surface area contributed by atoms with E-state index >= 15 is 0 Å². The number of ether oxygens (including phenoxy) is 1. The molecule has 0 bridgehead atoms. The minimum Gasteiger partial charge on any atom is -0.441 e. The summed E-state index contributed by atoms with van der Waals surface area (Å²) in [5.74, 6) is -0.567. The van der Waals surface area contributed by atoms with Crippen LogP contribution in [0, 0.1) is 0 Å². The van der Waals surface area contributed by atoms with Crippen LogP contribution in [0.5, 0.6) is 0 Å². The SMILES string of the molecule is C=CCNC(OC(=O)C=C)C(C)O. The summed E-state index contributed by atoms with van der Waals surface area (Å²) in [5, 5.41) is 12.0. The van der Waals surface area contributed by atoms with Crippen LogP contribution >= 0.6 is 0 Å². The Morgan fingerprint density at radius 3 is 2.69 bits per heavy atom. The van der Waals surface area contributed by atoms with Gasteiger partial charge in [0.2, 0.25) is 0 Å². The second-order valence-electron chi connectivity index (χ2n) is 2.50. The van der Waals surface area contributed by atoms with Gasteiger partial charge < -0.3 is 9.84 Å². The molecule has 0 aromatic carbocycles. The molecule has 0 heterocycles. The van der Waals surface area contributed by atoms with Crippen molar-refractivity contribution in [1.82, 2.24) is 5.32 Å². The van der Waals surface area contributed by atoms with Crippen molar-refractivity contribution in [2.24, 2.45) is 0 Å². The molecule has 0 saturated carbocycles. The maximum absolute atomic E-state index is 10.8. The molecule has 0 rings (SSSR count). The fraction of sp³-hybridized carbons (Fsp3) is 0.444. The van der Waals surface area contributed by atoms with Crippen molar-refractivity contribution in [1.29, 1.82) is 0 Å². The predicted molar refractivity (Wildman–Crippen MR) is 50.0 cm³/mol. The van der Waals surface area contributed by atoms with Gasteiger partial charge in [-0.2, -0.15) is 0 Å². The van der Waals surface area contributed by atoms with Gasteiger partial charge in [0.15, 0.2) is 6.23 Å². The second-order valence-corrected chi connectivity index (χ2v) is 2.50. The number of rotatable bonds is 6. The minimum atomic E-state index is -0.774. The lowest BCUT2D eigenvalue weighted by molar-refractivity contribution is -0.150. The van der Waals surface area contributed by atoms with Gasteiger partial charge in [0.1, 0.15) is 6.10 Å². The molecule has 0 spiro atoms. The molecular formula is C9H15NO3. The van der Waals surface area contributed by atoms with Crippen LogP contribution in [0.1, 0.15) is 6.92 Å². The summed E-state index contributed by atoms with van der Waals surface area (Å²) in [6, 6.07) is 0. The van der Waals surface area contributed by atoms with Gasteiger partial charge in [0.25, 0.3) is 0 Å². The van der Waals surface area contributed by atoms with Crippen molar-refractivity contribution in [2.75, 3.05) is 6.54 Å². The molecule has 4 nitrogen and oxygen atoms in total. The number of carbonyl (C=O) groups excluding carboxylic acids is 1. The van der Waals surface area contributed by atoms with E-state index in [1.54, 1.807) is 6.08 Å². The number of esters is 1. The Hall–Kier alpha value is -1.13. The molecule has 2 atom stereocenters. The molecule has 4 heteroatoms. The lowest BCUT2D eigenvalue weighted by Crippen LogP contribution is -2.41. The van der Waals surface area contributed by atoms with Crippen molar-refractivity contribution >= 4 is 5.97 Å². The van der Waals surface area contributed by atoms with E-state index in [0.29, 0.717) is 6.54 Å². The first-order valence-corrected chi connectivity index (χ1v) is 3.97. The van der Waals surface area contributed by atoms with Crippen molar-refractivity contribution < 1.29 is 14.6 Å². The third-order valence-electron chi connectivity index (χ3n) is 1.31. The Labute approximate surface area is 77.9 Å². The highest BCUT2D eigenvalue weighted by atomic mass is 16.6. The Bertz CT molecular complexity index is 189. The summed E-state index contributed by atoms with van der Waals surface area (Å²) in [5.41, 5.74) is 0. The van der Waals surface area contributed by atoms with Gasteiger partial charge in [-0.1, -0.05) is 12.7 Å². The summed E-state index contributed by atoms with van der Waals surface area (Å²) in [7, 11) is 0. The molecule has 0 radical (unpaired) electrons. The molecule has 13 heavy (non-hydrogen) atoms. The fourth-order valence-corrected chi connectivity index (χ4v) is 0.683. The van der Waals surface area contributed by atoms with E-state index in [4.69, 9.17) is 4.74 Å². The minimum absolute atomic E-state index is 0.458. The van der Waals surface area contributed by atoms with Gasteiger partial charge in [0.05, 0.1) is 0 Å². The van der Waals surface area contributed by atoms with Crippen LogP contribution in [-0.4, -0.2) is 30.0 Å².